The van der Waals surface area contributed by atoms with Crippen molar-refractivity contribution in [3.05, 3.63) is 36.4 Å². The van der Waals surface area contributed by atoms with Crippen LogP contribution in [0.25, 0.3) is 0 Å². The third-order valence-electron chi connectivity index (χ3n) is 2.65. The number of rotatable bonds is 4. The molecule has 0 saturated heterocycles. The Morgan fingerprint density at radius 3 is 3.06 bits per heavy atom. The van der Waals surface area contributed by atoms with Crippen LogP contribution in [0.1, 0.15) is 18.5 Å². The molecule has 2 rings (SSSR count). The molecule has 1 heterocycles. The van der Waals surface area contributed by atoms with Gasteiger partial charge in [-0.3, -0.25) is 0 Å². The van der Waals surface area contributed by atoms with Crippen molar-refractivity contribution in [1.29, 1.82) is 0 Å². The summed E-state index contributed by atoms with van der Waals surface area (Å²) in [6.45, 7) is 6.61. The average Bonchev–Trinajstić information content (AvgIpc) is 2.83. The minimum absolute atomic E-state index is 0.101. The molecule has 5 heteroatoms. The van der Waals surface area contributed by atoms with Crippen molar-refractivity contribution in [2.45, 2.75) is 13.0 Å². The maximum absolute atomic E-state index is 5.35. The first-order valence-corrected chi connectivity index (χ1v) is 6.16. The molecule has 96 valence electrons. The van der Waals surface area contributed by atoms with Gasteiger partial charge < -0.3 is 20.1 Å². The Balaban J connectivity index is 1.98. The minimum Gasteiger partial charge on any atom is -0.454 e. The van der Waals surface area contributed by atoms with Crippen LogP contribution in [0.15, 0.2) is 30.9 Å². The number of benzene rings is 1. The molecule has 0 saturated carbocycles. The fraction of sp³-hybridized carbons (Fsp3) is 0.308. The highest BCUT2D eigenvalue weighted by atomic mass is 32.1. The Kier molecular flexibility index (Phi) is 4.04. The van der Waals surface area contributed by atoms with Crippen LogP contribution in [0.2, 0.25) is 0 Å². The zero-order valence-electron chi connectivity index (χ0n) is 10.2. The zero-order valence-corrected chi connectivity index (χ0v) is 11.0. The van der Waals surface area contributed by atoms with E-state index in [-0.39, 0.29) is 6.04 Å². The van der Waals surface area contributed by atoms with Gasteiger partial charge in [0.2, 0.25) is 6.79 Å². The van der Waals surface area contributed by atoms with Gasteiger partial charge in [0.1, 0.15) is 0 Å². The third-order valence-corrected chi connectivity index (χ3v) is 2.91. The molecule has 18 heavy (non-hydrogen) atoms. The monoisotopic (exact) mass is 264 g/mol. The van der Waals surface area contributed by atoms with E-state index in [4.69, 9.17) is 21.7 Å². The molecule has 1 aliphatic rings. The number of thiocarbonyl (C=S) groups is 1. The highest BCUT2D eigenvalue weighted by Crippen LogP contribution is 2.34. The second kappa shape index (κ2) is 5.73. The summed E-state index contributed by atoms with van der Waals surface area (Å²) in [5.41, 5.74) is 1.10. The lowest BCUT2D eigenvalue weighted by atomic mass is 10.1. The first-order valence-electron chi connectivity index (χ1n) is 5.75. The normalized spacial score (nSPS) is 13.8. The van der Waals surface area contributed by atoms with E-state index >= 15 is 0 Å². The van der Waals surface area contributed by atoms with Crippen molar-refractivity contribution >= 4 is 17.3 Å². The molecule has 0 aromatic heterocycles. The topological polar surface area (TPSA) is 42.5 Å². The zero-order chi connectivity index (χ0) is 13.0. The van der Waals surface area contributed by atoms with E-state index in [0.29, 0.717) is 18.5 Å². The van der Waals surface area contributed by atoms with Crippen LogP contribution < -0.4 is 20.1 Å². The molecule has 1 atom stereocenters. The van der Waals surface area contributed by atoms with Gasteiger partial charge in [0.05, 0.1) is 6.04 Å². The molecule has 1 aromatic rings. The van der Waals surface area contributed by atoms with E-state index in [0.717, 1.165) is 17.1 Å². The number of hydrogen-bond acceptors (Lipinski definition) is 3. The summed E-state index contributed by atoms with van der Waals surface area (Å²) in [6, 6.07) is 5.98. The van der Waals surface area contributed by atoms with Crippen LogP contribution in [0.4, 0.5) is 0 Å². The van der Waals surface area contributed by atoms with E-state index in [9.17, 15) is 0 Å². The molecule has 2 N–H and O–H groups in total. The second-order valence-electron chi connectivity index (χ2n) is 3.98. The van der Waals surface area contributed by atoms with E-state index in [2.05, 4.69) is 17.2 Å². The first-order chi connectivity index (χ1) is 8.70. The van der Waals surface area contributed by atoms with Crippen molar-refractivity contribution in [3.8, 4) is 11.5 Å². The minimum atomic E-state index is 0.101. The van der Waals surface area contributed by atoms with Crippen LogP contribution in [0, 0.1) is 0 Å². The van der Waals surface area contributed by atoms with Gasteiger partial charge in [0, 0.05) is 6.54 Å². The van der Waals surface area contributed by atoms with Gasteiger partial charge in [-0.15, -0.1) is 6.58 Å². The molecule has 1 aromatic carbocycles. The van der Waals surface area contributed by atoms with Gasteiger partial charge in [-0.05, 0) is 36.8 Å². The van der Waals surface area contributed by atoms with Crippen molar-refractivity contribution < 1.29 is 9.47 Å². The third kappa shape index (κ3) is 2.92. The summed E-state index contributed by atoms with van der Waals surface area (Å²) in [5.74, 6) is 1.57. The largest absolute Gasteiger partial charge is 0.454 e. The number of ether oxygens (including phenoxy) is 2. The highest BCUT2D eigenvalue weighted by Gasteiger charge is 2.15. The van der Waals surface area contributed by atoms with Gasteiger partial charge in [-0.1, -0.05) is 12.1 Å². The lowest BCUT2D eigenvalue weighted by Crippen LogP contribution is -2.36. The second-order valence-corrected chi connectivity index (χ2v) is 4.39. The maximum atomic E-state index is 5.35. The summed E-state index contributed by atoms with van der Waals surface area (Å²) >= 11 is 5.17. The molecular weight excluding hydrogens is 248 g/mol. The van der Waals surface area contributed by atoms with Gasteiger partial charge in [-0.2, -0.15) is 0 Å². The molecule has 1 aliphatic heterocycles. The van der Waals surface area contributed by atoms with Crippen LogP contribution in [-0.2, 0) is 0 Å². The van der Waals surface area contributed by atoms with Crippen LogP contribution in [0.3, 0.4) is 0 Å². The lowest BCUT2D eigenvalue weighted by Gasteiger charge is -2.17. The quantitative estimate of drug-likeness (QED) is 0.644. The number of hydrogen-bond donors (Lipinski definition) is 2. The average molecular weight is 264 g/mol. The fourth-order valence-electron chi connectivity index (χ4n) is 1.68. The Bertz CT molecular complexity index is 462. The summed E-state index contributed by atoms with van der Waals surface area (Å²) in [7, 11) is 0. The summed E-state index contributed by atoms with van der Waals surface area (Å²) in [5, 5.41) is 6.84. The Labute approximate surface area is 112 Å². The maximum Gasteiger partial charge on any atom is 0.231 e. The molecule has 0 aliphatic carbocycles. The van der Waals surface area contributed by atoms with E-state index in [1.54, 1.807) is 6.08 Å². The highest BCUT2D eigenvalue weighted by molar-refractivity contribution is 7.80. The van der Waals surface area contributed by atoms with Crippen LogP contribution in [-0.4, -0.2) is 18.5 Å². The van der Waals surface area contributed by atoms with E-state index < -0.39 is 0 Å². The van der Waals surface area contributed by atoms with Crippen molar-refractivity contribution in [2.24, 2.45) is 0 Å². The van der Waals surface area contributed by atoms with Crippen molar-refractivity contribution in [3.63, 3.8) is 0 Å². The van der Waals surface area contributed by atoms with Crippen LogP contribution >= 0.6 is 12.2 Å². The molecule has 4 nitrogen and oxygen atoms in total. The molecule has 0 fully saturated rings. The fourth-order valence-corrected chi connectivity index (χ4v) is 1.94. The standard InChI is InChI=1S/C13H16N2O2S/c1-3-6-14-13(18)15-9(2)10-4-5-11-12(7-10)17-8-16-11/h3-5,7,9H,1,6,8H2,2H3,(H2,14,15,18). The first kappa shape index (κ1) is 12.7. The lowest BCUT2D eigenvalue weighted by molar-refractivity contribution is 0.174. The number of nitrogens with one attached hydrogen (secondary N) is 2. The van der Waals surface area contributed by atoms with Gasteiger partial charge in [0.15, 0.2) is 16.6 Å². The van der Waals surface area contributed by atoms with E-state index in [1.807, 2.05) is 25.1 Å². The van der Waals surface area contributed by atoms with Gasteiger partial charge in [-0.25, -0.2) is 0 Å². The van der Waals surface area contributed by atoms with Crippen molar-refractivity contribution in [1.82, 2.24) is 10.6 Å². The predicted molar refractivity (Wildman–Crippen MR) is 74.9 cm³/mol. The van der Waals surface area contributed by atoms with E-state index in [1.165, 1.54) is 0 Å². The Morgan fingerprint density at radius 1 is 1.50 bits per heavy atom. The summed E-state index contributed by atoms with van der Waals surface area (Å²) in [6.07, 6.45) is 1.76. The SMILES string of the molecule is C=CCNC(=S)NC(C)c1ccc2c(c1)OCO2. The Morgan fingerprint density at radius 2 is 2.28 bits per heavy atom. The molecule has 0 amide bonds. The van der Waals surface area contributed by atoms with Gasteiger partial charge >= 0.3 is 0 Å². The predicted octanol–water partition coefficient (Wildman–Crippen LogP) is 2.13. The Hall–Kier alpha value is -1.75. The van der Waals surface area contributed by atoms with Crippen LogP contribution in [0.5, 0.6) is 11.5 Å². The molecule has 0 spiro atoms. The molecule has 0 radical (unpaired) electrons. The summed E-state index contributed by atoms with van der Waals surface area (Å²) in [4.78, 5) is 0. The molecular formula is C13H16N2O2S. The van der Waals surface area contributed by atoms with Crippen molar-refractivity contribution in [2.75, 3.05) is 13.3 Å². The molecule has 1 unspecified atom stereocenters. The summed E-state index contributed by atoms with van der Waals surface area (Å²) < 4.78 is 10.6. The smallest absolute Gasteiger partial charge is 0.231 e. The van der Waals surface area contributed by atoms with Gasteiger partial charge in [0.25, 0.3) is 0 Å². The number of fused-ring (bicyclic) bond motifs is 1. The molecule has 0 bridgehead atoms.